The molecule has 8 heavy (non-hydrogen) atoms. The summed E-state index contributed by atoms with van der Waals surface area (Å²) in [4.78, 5) is 3.48. The summed E-state index contributed by atoms with van der Waals surface area (Å²) in [7, 11) is 0. The molecule has 0 amide bonds. The molecule has 38 valence electrons. The van der Waals surface area contributed by atoms with Crippen molar-refractivity contribution in [2.75, 3.05) is 0 Å². The first-order valence-electron chi connectivity index (χ1n) is 1.98. The molecule has 0 fully saturated rings. The fourth-order valence-electron chi connectivity index (χ4n) is 0.161. The summed E-state index contributed by atoms with van der Waals surface area (Å²) in [5.74, 6) is 2.30. The minimum atomic E-state index is 1.38. The smallest absolute Gasteiger partial charge is 0.0876 e. The standard InChI is InChI=1S/C7H5N/c1-3-5-6-7-8-4-2/h7H,1-2H2. The second kappa shape index (κ2) is 5.53. The molecular formula is C7H5N. The molecule has 1 heteroatoms. The lowest BCUT2D eigenvalue weighted by Gasteiger charge is -1.53. The van der Waals surface area contributed by atoms with E-state index in [2.05, 4.69) is 41.2 Å². The molecule has 0 aromatic heterocycles. The van der Waals surface area contributed by atoms with Gasteiger partial charge < -0.3 is 0 Å². The summed E-state index contributed by atoms with van der Waals surface area (Å²) in [6.45, 7) is 6.49. The lowest BCUT2D eigenvalue weighted by molar-refractivity contribution is 1.63. The topological polar surface area (TPSA) is 12.4 Å². The van der Waals surface area contributed by atoms with Crippen LogP contribution in [0.4, 0.5) is 0 Å². The van der Waals surface area contributed by atoms with Gasteiger partial charge in [-0.2, -0.15) is 0 Å². The van der Waals surface area contributed by atoms with Crippen LogP contribution in [-0.2, 0) is 0 Å². The second-order valence-corrected chi connectivity index (χ2v) is 0.862. The third kappa shape index (κ3) is 4.53. The zero-order valence-electron chi connectivity index (χ0n) is 4.44. The normalized spacial score (nSPS) is 4.50. The molecule has 0 bridgehead atoms. The van der Waals surface area contributed by atoms with Gasteiger partial charge in [0, 0.05) is 0 Å². The van der Waals surface area contributed by atoms with E-state index >= 15 is 0 Å². The van der Waals surface area contributed by atoms with Crippen molar-refractivity contribution in [2.45, 2.75) is 0 Å². The Morgan fingerprint density at radius 2 is 2.12 bits per heavy atom. The minimum absolute atomic E-state index is 1.38. The largest absolute Gasteiger partial charge is 0.206 e. The molecule has 0 heterocycles. The van der Waals surface area contributed by atoms with E-state index in [1.807, 2.05) is 0 Å². The summed E-state index contributed by atoms with van der Waals surface area (Å²) in [5.41, 5.74) is 7.35. The van der Waals surface area contributed by atoms with Gasteiger partial charge in [-0.05, 0) is 30.5 Å². The number of aliphatic imine (C=N–C) groups is 1. The first kappa shape index (κ1) is 6.53. The van der Waals surface area contributed by atoms with E-state index in [-0.39, 0.29) is 0 Å². The predicted octanol–water partition coefficient (Wildman–Crippen LogP) is 1.45. The zero-order chi connectivity index (χ0) is 6.24. The van der Waals surface area contributed by atoms with Crippen LogP contribution in [0.1, 0.15) is 0 Å². The first-order chi connectivity index (χ1) is 3.91. The molecule has 0 atom stereocenters. The van der Waals surface area contributed by atoms with Gasteiger partial charge in [-0.3, -0.25) is 0 Å². The van der Waals surface area contributed by atoms with Crippen molar-refractivity contribution >= 4 is 5.87 Å². The van der Waals surface area contributed by atoms with E-state index < -0.39 is 0 Å². The van der Waals surface area contributed by atoms with Crippen LogP contribution in [0, 0.1) is 0 Å². The number of nitrogens with zero attached hydrogens (tertiary/aromatic N) is 1. The minimum Gasteiger partial charge on any atom is -0.206 e. The molecule has 0 spiro atoms. The van der Waals surface area contributed by atoms with E-state index in [1.165, 1.54) is 6.20 Å². The van der Waals surface area contributed by atoms with Crippen molar-refractivity contribution in [3.63, 3.8) is 0 Å². The van der Waals surface area contributed by atoms with E-state index in [9.17, 15) is 0 Å². The van der Waals surface area contributed by atoms with Crippen molar-refractivity contribution < 1.29 is 0 Å². The molecule has 0 rings (SSSR count). The average molecular weight is 103 g/mol. The van der Waals surface area contributed by atoms with Crippen LogP contribution in [0.15, 0.2) is 41.5 Å². The molecule has 0 aliphatic rings. The molecule has 0 N–H and O–H groups in total. The van der Waals surface area contributed by atoms with Crippen LogP contribution in [0.3, 0.4) is 0 Å². The van der Waals surface area contributed by atoms with Crippen LogP contribution >= 0.6 is 0 Å². The summed E-state index contributed by atoms with van der Waals surface area (Å²) in [6, 6.07) is 0. The Labute approximate surface area is 48.4 Å². The molecule has 0 saturated carbocycles. The molecule has 0 aliphatic heterocycles. The Hall–Kier alpha value is -1.47. The Morgan fingerprint density at radius 3 is 2.62 bits per heavy atom. The van der Waals surface area contributed by atoms with E-state index in [0.29, 0.717) is 0 Å². The van der Waals surface area contributed by atoms with Gasteiger partial charge in [0.2, 0.25) is 0 Å². The summed E-state index contributed by atoms with van der Waals surface area (Å²) in [6.07, 6.45) is 1.38. The van der Waals surface area contributed by atoms with E-state index in [1.54, 1.807) is 0 Å². The molecule has 0 aromatic carbocycles. The highest BCUT2D eigenvalue weighted by Gasteiger charge is 1.44. The van der Waals surface area contributed by atoms with Crippen molar-refractivity contribution in [3.8, 4) is 0 Å². The van der Waals surface area contributed by atoms with E-state index in [4.69, 9.17) is 0 Å². The van der Waals surface area contributed by atoms with Gasteiger partial charge in [0.25, 0.3) is 0 Å². The number of rotatable bonds is 1. The van der Waals surface area contributed by atoms with Gasteiger partial charge in [0.15, 0.2) is 0 Å². The van der Waals surface area contributed by atoms with Crippen molar-refractivity contribution in [2.24, 2.45) is 4.99 Å². The van der Waals surface area contributed by atoms with Gasteiger partial charge in [-0.25, -0.2) is 4.99 Å². The Kier molecular flexibility index (Phi) is 4.51. The monoisotopic (exact) mass is 103 g/mol. The molecule has 0 aromatic rings. The molecular weight excluding hydrogens is 98.1 g/mol. The molecule has 0 unspecified atom stereocenters. The van der Waals surface area contributed by atoms with Crippen LogP contribution in [0.2, 0.25) is 0 Å². The lowest BCUT2D eigenvalue weighted by Crippen LogP contribution is -1.38. The molecule has 0 saturated heterocycles. The van der Waals surface area contributed by atoms with Crippen molar-refractivity contribution in [1.82, 2.24) is 0 Å². The van der Waals surface area contributed by atoms with E-state index in [0.717, 1.165) is 0 Å². The fraction of sp³-hybridized carbons (Fsp3) is 0. The molecule has 0 radical (unpaired) electrons. The zero-order valence-corrected chi connectivity index (χ0v) is 4.44. The van der Waals surface area contributed by atoms with Crippen LogP contribution < -0.4 is 0 Å². The summed E-state index contributed by atoms with van der Waals surface area (Å²) in [5, 5.41) is 0. The van der Waals surface area contributed by atoms with Crippen LogP contribution in [-0.4, -0.2) is 5.87 Å². The third-order valence-electron chi connectivity index (χ3n) is 0.381. The number of hydrogen-bond donors (Lipinski definition) is 0. The van der Waals surface area contributed by atoms with Crippen LogP contribution in [0.5, 0.6) is 0 Å². The summed E-state index contributed by atoms with van der Waals surface area (Å²) >= 11 is 0. The van der Waals surface area contributed by atoms with Gasteiger partial charge in [-0.15, -0.1) is 0 Å². The van der Waals surface area contributed by atoms with Gasteiger partial charge in [0.1, 0.15) is 0 Å². The Bertz CT molecular complexity index is 213. The van der Waals surface area contributed by atoms with Gasteiger partial charge >= 0.3 is 0 Å². The first-order valence-corrected chi connectivity index (χ1v) is 1.98. The predicted molar refractivity (Wildman–Crippen MR) is 33.8 cm³/mol. The van der Waals surface area contributed by atoms with Crippen molar-refractivity contribution in [1.29, 1.82) is 0 Å². The maximum atomic E-state index is 3.48. The van der Waals surface area contributed by atoms with Gasteiger partial charge in [-0.1, -0.05) is 5.73 Å². The van der Waals surface area contributed by atoms with Crippen molar-refractivity contribution in [3.05, 3.63) is 36.6 Å². The SMILES string of the molecule is C=C=C=C=CN=C=C. The quantitative estimate of drug-likeness (QED) is 0.352. The Balaban J connectivity index is 4.25. The molecule has 0 aliphatic carbocycles. The second-order valence-electron chi connectivity index (χ2n) is 0.862. The third-order valence-corrected chi connectivity index (χ3v) is 0.381. The maximum absolute atomic E-state index is 3.48. The highest BCUT2D eigenvalue weighted by atomic mass is 14.6. The maximum Gasteiger partial charge on any atom is 0.0876 e. The highest BCUT2D eigenvalue weighted by Crippen LogP contribution is 1.60. The number of hydrogen-bond acceptors (Lipinski definition) is 1. The van der Waals surface area contributed by atoms with Gasteiger partial charge in [0.05, 0.1) is 6.20 Å². The molecule has 1 nitrogen and oxygen atoms in total. The average Bonchev–Trinajstić information content (AvgIpc) is 1.81. The Morgan fingerprint density at radius 1 is 1.38 bits per heavy atom. The highest BCUT2D eigenvalue weighted by molar-refractivity contribution is 5.47. The lowest BCUT2D eigenvalue weighted by atomic mass is 10.7. The summed E-state index contributed by atoms with van der Waals surface area (Å²) < 4.78 is 0. The van der Waals surface area contributed by atoms with Crippen LogP contribution in [0.25, 0.3) is 0 Å². The fourth-order valence-corrected chi connectivity index (χ4v) is 0.161.